The zero-order valence-corrected chi connectivity index (χ0v) is 13.9. The van der Waals surface area contributed by atoms with Crippen molar-refractivity contribution in [3.8, 4) is 5.75 Å². The van der Waals surface area contributed by atoms with Crippen molar-refractivity contribution in [2.45, 2.75) is 25.3 Å². The highest BCUT2D eigenvalue weighted by atomic mass is 16.5. The van der Waals surface area contributed by atoms with Crippen LogP contribution < -0.4 is 15.5 Å². The van der Waals surface area contributed by atoms with Crippen molar-refractivity contribution in [3.63, 3.8) is 0 Å². The van der Waals surface area contributed by atoms with Gasteiger partial charge in [-0.25, -0.2) is 5.48 Å². The van der Waals surface area contributed by atoms with Crippen LogP contribution in [-0.2, 0) is 12.8 Å². The van der Waals surface area contributed by atoms with Crippen LogP contribution in [0.2, 0.25) is 0 Å². The van der Waals surface area contributed by atoms with Gasteiger partial charge in [-0.05, 0) is 66.8 Å². The third-order valence-corrected chi connectivity index (χ3v) is 4.49. The first kappa shape index (κ1) is 17.0. The summed E-state index contributed by atoms with van der Waals surface area (Å²) in [7, 11) is 1.58. The lowest BCUT2D eigenvalue weighted by Gasteiger charge is -2.26. The van der Waals surface area contributed by atoms with Gasteiger partial charge in [0.05, 0.1) is 7.11 Å². The Bertz CT molecular complexity index is 787. The summed E-state index contributed by atoms with van der Waals surface area (Å²) in [5.74, 6) is 0.0467. The highest BCUT2D eigenvalue weighted by molar-refractivity contribution is 5.95. The fourth-order valence-electron chi connectivity index (χ4n) is 3.10. The van der Waals surface area contributed by atoms with Crippen LogP contribution in [0.4, 0.5) is 0 Å². The van der Waals surface area contributed by atoms with E-state index in [1.54, 1.807) is 49.0 Å². The number of hydrogen-bond donors (Lipinski definition) is 3. The number of fused-ring (bicyclic) bond motifs is 1. The summed E-state index contributed by atoms with van der Waals surface area (Å²) in [6, 6.07) is 12.3. The number of nitrogens with one attached hydrogen (secondary N) is 2. The third kappa shape index (κ3) is 3.80. The van der Waals surface area contributed by atoms with Gasteiger partial charge in [0.15, 0.2) is 0 Å². The van der Waals surface area contributed by atoms with E-state index in [9.17, 15) is 9.59 Å². The standard InChI is InChI=1S/C19H20N2O4/c1-25-17-8-5-13(6-9-17)18(22)20-16-7-4-12-2-3-14(19(23)21-24)10-15(12)11-16/h2-3,5-6,8-10,16,24H,4,7,11H2,1H3,(H,20,22)(H,21,23). The number of methoxy groups -OCH3 is 1. The van der Waals surface area contributed by atoms with Crippen LogP contribution in [0.1, 0.15) is 38.3 Å². The number of benzene rings is 2. The minimum absolute atomic E-state index is 0.00883. The molecule has 3 N–H and O–H groups in total. The van der Waals surface area contributed by atoms with Crippen molar-refractivity contribution in [3.05, 3.63) is 64.7 Å². The monoisotopic (exact) mass is 340 g/mol. The lowest BCUT2D eigenvalue weighted by molar-refractivity contribution is 0.0706. The van der Waals surface area contributed by atoms with Crippen LogP contribution in [0.25, 0.3) is 0 Å². The van der Waals surface area contributed by atoms with Crippen molar-refractivity contribution in [2.24, 2.45) is 0 Å². The maximum Gasteiger partial charge on any atom is 0.274 e. The first-order valence-corrected chi connectivity index (χ1v) is 8.12. The molecule has 1 aliphatic rings. The van der Waals surface area contributed by atoms with E-state index < -0.39 is 5.91 Å². The van der Waals surface area contributed by atoms with E-state index in [1.165, 1.54) is 5.56 Å². The van der Waals surface area contributed by atoms with Gasteiger partial charge in [-0.2, -0.15) is 0 Å². The van der Waals surface area contributed by atoms with Gasteiger partial charge in [0.25, 0.3) is 11.8 Å². The van der Waals surface area contributed by atoms with E-state index >= 15 is 0 Å². The number of hydroxylamine groups is 1. The molecular formula is C19H20N2O4. The molecule has 0 radical (unpaired) electrons. The summed E-state index contributed by atoms with van der Waals surface area (Å²) in [4.78, 5) is 24.0. The summed E-state index contributed by atoms with van der Waals surface area (Å²) in [5.41, 5.74) is 4.82. The molecule has 0 aromatic heterocycles. The lowest BCUT2D eigenvalue weighted by Crippen LogP contribution is -2.39. The molecule has 6 heteroatoms. The molecule has 25 heavy (non-hydrogen) atoms. The lowest BCUT2D eigenvalue weighted by atomic mass is 9.87. The zero-order valence-electron chi connectivity index (χ0n) is 13.9. The van der Waals surface area contributed by atoms with Gasteiger partial charge in [0.1, 0.15) is 5.75 Å². The Morgan fingerprint density at radius 2 is 1.76 bits per heavy atom. The molecule has 0 bridgehead atoms. The van der Waals surface area contributed by atoms with Crippen LogP contribution in [0.5, 0.6) is 5.75 Å². The summed E-state index contributed by atoms with van der Waals surface area (Å²) < 4.78 is 5.10. The molecule has 1 aliphatic carbocycles. The first-order chi connectivity index (χ1) is 12.1. The van der Waals surface area contributed by atoms with Gasteiger partial charge in [-0.3, -0.25) is 14.8 Å². The van der Waals surface area contributed by atoms with Crippen LogP contribution in [0, 0.1) is 0 Å². The molecule has 1 atom stereocenters. The molecule has 0 heterocycles. The van der Waals surface area contributed by atoms with Crippen LogP contribution in [0.3, 0.4) is 0 Å². The number of aryl methyl sites for hydroxylation is 1. The molecule has 6 nitrogen and oxygen atoms in total. The van der Waals surface area contributed by atoms with Crippen molar-refractivity contribution in [2.75, 3.05) is 7.11 Å². The predicted molar refractivity (Wildman–Crippen MR) is 92.0 cm³/mol. The largest absolute Gasteiger partial charge is 0.497 e. The Kier molecular flexibility index (Phi) is 5.00. The average molecular weight is 340 g/mol. The minimum atomic E-state index is -0.535. The third-order valence-electron chi connectivity index (χ3n) is 4.49. The molecule has 1 unspecified atom stereocenters. The molecular weight excluding hydrogens is 320 g/mol. The smallest absolute Gasteiger partial charge is 0.274 e. The predicted octanol–water partition coefficient (Wildman–Crippen LogP) is 2.10. The van der Waals surface area contributed by atoms with Crippen LogP contribution in [0.15, 0.2) is 42.5 Å². The van der Waals surface area contributed by atoms with Gasteiger partial charge in [-0.15, -0.1) is 0 Å². The minimum Gasteiger partial charge on any atom is -0.497 e. The molecule has 0 spiro atoms. The van der Waals surface area contributed by atoms with E-state index in [4.69, 9.17) is 9.94 Å². The van der Waals surface area contributed by atoms with Gasteiger partial charge in [0.2, 0.25) is 0 Å². The van der Waals surface area contributed by atoms with E-state index in [1.807, 2.05) is 6.07 Å². The van der Waals surface area contributed by atoms with Crippen molar-refractivity contribution < 1.29 is 19.5 Å². The fraction of sp³-hybridized carbons (Fsp3) is 0.263. The van der Waals surface area contributed by atoms with Crippen molar-refractivity contribution in [1.82, 2.24) is 10.8 Å². The second kappa shape index (κ2) is 7.36. The molecule has 0 aliphatic heterocycles. The van der Waals surface area contributed by atoms with E-state index in [2.05, 4.69) is 5.32 Å². The molecule has 2 amide bonds. The van der Waals surface area contributed by atoms with Gasteiger partial charge < -0.3 is 10.1 Å². The number of rotatable bonds is 4. The van der Waals surface area contributed by atoms with Crippen LogP contribution >= 0.6 is 0 Å². The van der Waals surface area contributed by atoms with Gasteiger partial charge in [-0.1, -0.05) is 6.07 Å². The molecule has 0 fully saturated rings. The number of ether oxygens (including phenoxy) is 1. The quantitative estimate of drug-likeness (QED) is 0.587. The highest BCUT2D eigenvalue weighted by Crippen LogP contribution is 2.23. The Labute approximate surface area is 145 Å². The van der Waals surface area contributed by atoms with E-state index in [-0.39, 0.29) is 11.9 Å². The maximum absolute atomic E-state index is 12.4. The summed E-state index contributed by atoms with van der Waals surface area (Å²) in [6.45, 7) is 0. The topological polar surface area (TPSA) is 87.7 Å². The Morgan fingerprint density at radius 1 is 1.04 bits per heavy atom. The number of amides is 2. The molecule has 2 aromatic carbocycles. The molecule has 3 rings (SSSR count). The number of hydrogen-bond acceptors (Lipinski definition) is 4. The Balaban J connectivity index is 1.69. The van der Waals surface area contributed by atoms with Gasteiger partial charge in [0, 0.05) is 17.2 Å². The summed E-state index contributed by atoms with van der Waals surface area (Å²) >= 11 is 0. The average Bonchev–Trinajstić information content (AvgIpc) is 2.66. The molecule has 0 saturated heterocycles. The molecule has 2 aromatic rings. The Hall–Kier alpha value is -2.86. The molecule has 0 saturated carbocycles. The Morgan fingerprint density at radius 3 is 2.44 bits per heavy atom. The number of carbonyl (C=O) groups is 2. The van der Waals surface area contributed by atoms with E-state index in [0.29, 0.717) is 23.3 Å². The van der Waals surface area contributed by atoms with Crippen molar-refractivity contribution in [1.29, 1.82) is 0 Å². The molecule has 130 valence electrons. The SMILES string of the molecule is COc1ccc(C(=O)NC2CCc3ccc(C(=O)NO)cc3C2)cc1. The zero-order chi connectivity index (χ0) is 17.8. The number of carbonyl (C=O) groups excluding carboxylic acids is 2. The van der Waals surface area contributed by atoms with Gasteiger partial charge >= 0.3 is 0 Å². The second-order valence-corrected chi connectivity index (χ2v) is 6.07. The fourth-order valence-corrected chi connectivity index (χ4v) is 3.10. The summed E-state index contributed by atoms with van der Waals surface area (Å²) in [6.07, 6.45) is 2.34. The van der Waals surface area contributed by atoms with Crippen LogP contribution in [-0.4, -0.2) is 30.2 Å². The summed E-state index contributed by atoms with van der Waals surface area (Å²) in [5, 5.41) is 11.8. The van der Waals surface area contributed by atoms with E-state index in [0.717, 1.165) is 18.4 Å². The second-order valence-electron chi connectivity index (χ2n) is 6.07. The first-order valence-electron chi connectivity index (χ1n) is 8.12. The maximum atomic E-state index is 12.4. The highest BCUT2D eigenvalue weighted by Gasteiger charge is 2.22. The van der Waals surface area contributed by atoms with Crippen molar-refractivity contribution >= 4 is 11.8 Å². The normalized spacial score (nSPS) is 15.8.